The van der Waals surface area contributed by atoms with Crippen molar-refractivity contribution in [3.8, 4) is 0 Å². The molecule has 1 aromatic heterocycles. The van der Waals surface area contributed by atoms with Crippen LogP contribution in [-0.2, 0) is 6.54 Å². The molecule has 23 heavy (non-hydrogen) atoms. The maximum absolute atomic E-state index is 12.3. The summed E-state index contributed by atoms with van der Waals surface area (Å²) >= 11 is 0. The molecule has 0 radical (unpaired) electrons. The fourth-order valence-electron chi connectivity index (χ4n) is 3.34. The molecule has 0 bridgehead atoms. The molecule has 0 fully saturated rings. The van der Waals surface area contributed by atoms with Crippen molar-refractivity contribution in [2.24, 2.45) is 0 Å². The molecular weight excluding hydrogens is 292 g/mol. The molecular formula is C18H12N2O3. The summed E-state index contributed by atoms with van der Waals surface area (Å²) in [4.78, 5) is 35.8. The largest absolute Gasteiger partial charge is 0.337 e. The summed E-state index contributed by atoms with van der Waals surface area (Å²) in [6, 6.07) is 9.32. The first-order chi connectivity index (χ1) is 11.2. The lowest BCUT2D eigenvalue weighted by molar-refractivity contribution is 0.0878. The zero-order valence-electron chi connectivity index (χ0n) is 12.1. The topological polar surface area (TPSA) is 68.2 Å². The number of rotatable bonds is 3. The van der Waals surface area contributed by atoms with Crippen LogP contribution in [0, 0.1) is 0 Å². The highest BCUT2D eigenvalue weighted by Crippen LogP contribution is 2.36. The number of aldehydes is 1. The number of nitrogens with one attached hydrogen (secondary N) is 1. The summed E-state index contributed by atoms with van der Waals surface area (Å²) in [5.74, 6) is -0.977. The first kappa shape index (κ1) is 13.5. The summed E-state index contributed by atoms with van der Waals surface area (Å²) in [7, 11) is 0. The van der Waals surface area contributed by atoms with Gasteiger partial charge in [-0.3, -0.25) is 19.7 Å². The fraction of sp³-hybridized carbons (Fsp3) is 0.0556. The lowest BCUT2D eigenvalue weighted by Gasteiger charge is -2.06. The van der Waals surface area contributed by atoms with E-state index in [1.807, 2.05) is 28.8 Å². The Labute approximate surface area is 131 Å². The Hall–Kier alpha value is -3.21. The standard InChI is InChI=1S/C18H12N2O3/c1-2-7-20-12-6-4-3-5-11(12)15-13(20)8-10(9-21)14-16(15)18(23)19-17(14)22/h2-6,8-9H,1,7H2,(H,19,22,23). The van der Waals surface area contributed by atoms with Crippen molar-refractivity contribution in [3.05, 3.63) is 59.7 Å². The number of imide groups is 1. The van der Waals surface area contributed by atoms with Crippen LogP contribution in [0.2, 0.25) is 0 Å². The highest BCUT2D eigenvalue weighted by Gasteiger charge is 2.33. The van der Waals surface area contributed by atoms with Crippen molar-refractivity contribution in [1.29, 1.82) is 0 Å². The number of carbonyl (C=O) groups excluding carboxylic acids is 3. The Bertz CT molecular complexity index is 1040. The minimum atomic E-state index is -0.519. The molecule has 1 aliphatic heterocycles. The summed E-state index contributed by atoms with van der Waals surface area (Å²) in [5.41, 5.74) is 2.35. The van der Waals surface area contributed by atoms with Crippen LogP contribution in [-0.4, -0.2) is 22.7 Å². The number of fused-ring (bicyclic) bond motifs is 5. The minimum Gasteiger partial charge on any atom is -0.337 e. The molecule has 3 aromatic rings. The van der Waals surface area contributed by atoms with Gasteiger partial charge < -0.3 is 4.57 Å². The van der Waals surface area contributed by atoms with Crippen molar-refractivity contribution in [3.63, 3.8) is 0 Å². The number of amides is 2. The van der Waals surface area contributed by atoms with E-state index in [1.165, 1.54) is 0 Å². The van der Waals surface area contributed by atoms with Crippen LogP contribution in [0.15, 0.2) is 43.0 Å². The lowest BCUT2D eigenvalue weighted by Crippen LogP contribution is -2.20. The second kappa shape index (κ2) is 4.64. The van der Waals surface area contributed by atoms with Crippen molar-refractivity contribution in [2.75, 3.05) is 0 Å². The molecule has 1 aliphatic rings. The van der Waals surface area contributed by atoms with Crippen molar-refractivity contribution in [1.82, 2.24) is 9.88 Å². The van der Waals surface area contributed by atoms with Crippen LogP contribution in [0.3, 0.4) is 0 Å². The van der Waals surface area contributed by atoms with Gasteiger partial charge in [0.25, 0.3) is 11.8 Å². The molecule has 1 N–H and O–H groups in total. The molecule has 0 saturated heterocycles. The van der Waals surface area contributed by atoms with Crippen molar-refractivity contribution < 1.29 is 14.4 Å². The van der Waals surface area contributed by atoms with Crippen LogP contribution in [0.1, 0.15) is 31.1 Å². The number of aromatic nitrogens is 1. The minimum absolute atomic E-state index is 0.166. The first-order valence-corrected chi connectivity index (χ1v) is 7.17. The van der Waals surface area contributed by atoms with E-state index >= 15 is 0 Å². The normalized spacial score (nSPS) is 13.4. The van der Waals surface area contributed by atoms with Crippen molar-refractivity contribution >= 4 is 39.9 Å². The van der Waals surface area contributed by atoms with Gasteiger partial charge in [-0.1, -0.05) is 24.3 Å². The van der Waals surface area contributed by atoms with E-state index in [4.69, 9.17) is 0 Å². The molecule has 2 amide bonds. The molecule has 0 atom stereocenters. The number of hydrogen-bond acceptors (Lipinski definition) is 3. The van der Waals surface area contributed by atoms with Crippen LogP contribution < -0.4 is 5.32 Å². The van der Waals surface area contributed by atoms with E-state index < -0.39 is 11.8 Å². The van der Waals surface area contributed by atoms with Crippen LogP contribution in [0.5, 0.6) is 0 Å². The number of carbonyl (C=O) groups is 3. The van der Waals surface area contributed by atoms with Gasteiger partial charge >= 0.3 is 0 Å². The molecule has 2 heterocycles. The van der Waals surface area contributed by atoms with Gasteiger partial charge in [-0.25, -0.2) is 0 Å². The van der Waals surface area contributed by atoms with E-state index in [-0.39, 0.29) is 16.7 Å². The van der Waals surface area contributed by atoms with Gasteiger partial charge in [0.2, 0.25) is 0 Å². The Morgan fingerprint density at radius 3 is 2.57 bits per heavy atom. The highest BCUT2D eigenvalue weighted by atomic mass is 16.2. The first-order valence-electron chi connectivity index (χ1n) is 7.17. The van der Waals surface area contributed by atoms with Gasteiger partial charge in [0.15, 0.2) is 6.29 Å². The Kier molecular flexibility index (Phi) is 2.72. The summed E-state index contributed by atoms with van der Waals surface area (Å²) in [6.07, 6.45) is 2.37. The summed E-state index contributed by atoms with van der Waals surface area (Å²) < 4.78 is 1.99. The number of benzene rings is 2. The van der Waals surface area contributed by atoms with E-state index in [1.54, 1.807) is 12.1 Å². The predicted octanol–water partition coefficient (Wildman–Crippen LogP) is 2.68. The second-order valence-corrected chi connectivity index (χ2v) is 5.43. The molecule has 0 aliphatic carbocycles. The van der Waals surface area contributed by atoms with Gasteiger partial charge in [-0.2, -0.15) is 0 Å². The average Bonchev–Trinajstić information content (AvgIpc) is 3.03. The van der Waals surface area contributed by atoms with Crippen LogP contribution in [0.25, 0.3) is 21.8 Å². The van der Waals surface area contributed by atoms with Gasteiger partial charge in [0.1, 0.15) is 0 Å². The van der Waals surface area contributed by atoms with Gasteiger partial charge in [0, 0.05) is 28.4 Å². The second-order valence-electron chi connectivity index (χ2n) is 5.43. The third-order valence-electron chi connectivity index (χ3n) is 4.21. The molecule has 0 spiro atoms. The molecule has 5 nitrogen and oxygen atoms in total. The molecule has 0 unspecified atom stereocenters. The molecule has 0 saturated carbocycles. The molecule has 112 valence electrons. The van der Waals surface area contributed by atoms with Crippen molar-refractivity contribution in [2.45, 2.75) is 6.54 Å². The zero-order chi connectivity index (χ0) is 16.1. The summed E-state index contributed by atoms with van der Waals surface area (Å²) in [5, 5.41) is 3.87. The smallest absolute Gasteiger partial charge is 0.259 e. The number of hydrogen-bond donors (Lipinski definition) is 1. The van der Waals surface area contributed by atoms with Crippen LogP contribution >= 0.6 is 0 Å². The zero-order valence-corrected chi connectivity index (χ0v) is 12.1. The van der Waals surface area contributed by atoms with Gasteiger partial charge in [-0.05, 0) is 12.1 Å². The monoisotopic (exact) mass is 304 g/mol. The highest BCUT2D eigenvalue weighted by molar-refractivity contribution is 6.32. The SMILES string of the molecule is C=CCn1c2ccccc2c2c3c(c(C=O)cc21)C(=O)NC3=O. The molecule has 4 rings (SSSR count). The Morgan fingerprint density at radius 2 is 1.83 bits per heavy atom. The Balaban J connectivity index is 2.31. The lowest BCUT2D eigenvalue weighted by atomic mass is 9.97. The van der Waals surface area contributed by atoms with E-state index in [2.05, 4.69) is 11.9 Å². The quantitative estimate of drug-likeness (QED) is 0.459. The van der Waals surface area contributed by atoms with E-state index in [9.17, 15) is 14.4 Å². The third kappa shape index (κ3) is 1.64. The maximum Gasteiger partial charge on any atom is 0.259 e. The van der Waals surface area contributed by atoms with E-state index in [0.29, 0.717) is 18.2 Å². The number of nitrogens with zero attached hydrogens (tertiary/aromatic N) is 1. The van der Waals surface area contributed by atoms with Crippen LogP contribution in [0.4, 0.5) is 0 Å². The molecule has 2 aromatic carbocycles. The third-order valence-corrected chi connectivity index (χ3v) is 4.21. The fourth-order valence-corrected chi connectivity index (χ4v) is 3.34. The predicted molar refractivity (Wildman–Crippen MR) is 86.8 cm³/mol. The molecule has 5 heteroatoms. The van der Waals surface area contributed by atoms with Gasteiger partial charge in [-0.15, -0.1) is 6.58 Å². The van der Waals surface area contributed by atoms with E-state index in [0.717, 1.165) is 16.4 Å². The maximum atomic E-state index is 12.3. The van der Waals surface area contributed by atoms with Gasteiger partial charge in [0.05, 0.1) is 16.6 Å². The summed E-state index contributed by atoms with van der Waals surface area (Å²) in [6.45, 7) is 4.31. The number of para-hydroxylation sites is 1. The Morgan fingerprint density at radius 1 is 1.09 bits per heavy atom. The average molecular weight is 304 g/mol. The number of allylic oxidation sites excluding steroid dienone is 1.